The summed E-state index contributed by atoms with van der Waals surface area (Å²) in [6.45, 7) is 3.71. The van der Waals surface area contributed by atoms with Gasteiger partial charge in [-0.25, -0.2) is 4.98 Å². The smallest absolute Gasteiger partial charge is 0.234 e. The first-order valence-corrected chi connectivity index (χ1v) is 11.6. The Balaban J connectivity index is 1.16. The SMILES string of the molecule is COc1ccc2nc(CN3CCN(C(=O)C4c5ccccc5Oc5ccccc54)CC3)[nH]c2c1. The zero-order valence-electron chi connectivity index (χ0n) is 19.0. The van der Waals surface area contributed by atoms with Gasteiger partial charge >= 0.3 is 0 Å². The molecule has 172 valence electrons. The van der Waals surface area contributed by atoms with Crippen LogP contribution in [0.3, 0.4) is 0 Å². The van der Waals surface area contributed by atoms with E-state index in [1.54, 1.807) is 7.11 Å². The average Bonchev–Trinajstić information content (AvgIpc) is 3.28. The highest BCUT2D eigenvalue weighted by Gasteiger charge is 2.36. The molecule has 2 aliphatic heterocycles. The Kier molecular flexibility index (Phi) is 5.19. The van der Waals surface area contributed by atoms with E-state index >= 15 is 0 Å². The van der Waals surface area contributed by atoms with Gasteiger partial charge in [-0.1, -0.05) is 36.4 Å². The number of carbonyl (C=O) groups is 1. The van der Waals surface area contributed by atoms with Crippen molar-refractivity contribution in [2.24, 2.45) is 0 Å². The molecule has 1 fully saturated rings. The molecule has 3 heterocycles. The number of piperazine rings is 1. The Labute approximate surface area is 197 Å². The first-order valence-electron chi connectivity index (χ1n) is 11.6. The van der Waals surface area contributed by atoms with Crippen molar-refractivity contribution in [2.45, 2.75) is 12.5 Å². The lowest BCUT2D eigenvalue weighted by Crippen LogP contribution is -2.50. The predicted molar refractivity (Wildman–Crippen MR) is 129 cm³/mol. The number of fused-ring (bicyclic) bond motifs is 3. The van der Waals surface area contributed by atoms with Crippen LogP contribution in [0.15, 0.2) is 66.7 Å². The van der Waals surface area contributed by atoms with E-state index < -0.39 is 0 Å². The van der Waals surface area contributed by atoms with Crippen molar-refractivity contribution in [3.8, 4) is 17.2 Å². The maximum absolute atomic E-state index is 13.7. The van der Waals surface area contributed by atoms with Crippen molar-refractivity contribution < 1.29 is 14.3 Å². The van der Waals surface area contributed by atoms with Gasteiger partial charge in [-0.3, -0.25) is 9.69 Å². The molecule has 0 aliphatic carbocycles. The molecule has 6 rings (SSSR count). The van der Waals surface area contributed by atoms with Crippen molar-refractivity contribution in [1.29, 1.82) is 0 Å². The molecule has 4 aromatic rings. The van der Waals surface area contributed by atoms with Gasteiger partial charge in [0, 0.05) is 43.4 Å². The van der Waals surface area contributed by atoms with Crippen LogP contribution in [0, 0.1) is 0 Å². The van der Waals surface area contributed by atoms with E-state index in [2.05, 4.69) is 9.88 Å². The van der Waals surface area contributed by atoms with Crippen LogP contribution in [0.4, 0.5) is 0 Å². The van der Waals surface area contributed by atoms with Gasteiger partial charge in [0.15, 0.2) is 0 Å². The number of hydrogen-bond acceptors (Lipinski definition) is 5. The van der Waals surface area contributed by atoms with Gasteiger partial charge in [0.25, 0.3) is 0 Å². The van der Waals surface area contributed by atoms with Crippen LogP contribution in [0.5, 0.6) is 17.2 Å². The van der Waals surface area contributed by atoms with Crippen molar-refractivity contribution in [3.05, 3.63) is 83.7 Å². The minimum Gasteiger partial charge on any atom is -0.497 e. The molecule has 1 N–H and O–H groups in total. The molecule has 1 aromatic heterocycles. The standard InChI is InChI=1S/C27H26N4O3/c1-33-18-10-11-21-22(16-18)29-25(28-21)17-30-12-14-31(15-13-30)27(32)26-19-6-2-4-8-23(19)34-24-9-5-3-7-20(24)26/h2-11,16,26H,12-15,17H2,1H3,(H,28,29). The summed E-state index contributed by atoms with van der Waals surface area (Å²) in [7, 11) is 1.66. The summed E-state index contributed by atoms with van der Waals surface area (Å²) < 4.78 is 11.4. The number of carbonyl (C=O) groups excluding carboxylic acids is 1. The Morgan fingerprint density at radius 1 is 1.00 bits per heavy atom. The third-order valence-corrected chi connectivity index (χ3v) is 6.72. The molecular formula is C27H26N4O3. The summed E-state index contributed by atoms with van der Waals surface area (Å²) in [4.78, 5) is 26.2. The van der Waals surface area contributed by atoms with Crippen molar-refractivity contribution in [1.82, 2.24) is 19.8 Å². The quantitative estimate of drug-likeness (QED) is 0.502. The number of rotatable bonds is 4. The van der Waals surface area contributed by atoms with Gasteiger partial charge in [-0.05, 0) is 24.3 Å². The van der Waals surface area contributed by atoms with Crippen LogP contribution in [-0.2, 0) is 11.3 Å². The molecule has 0 spiro atoms. The largest absolute Gasteiger partial charge is 0.497 e. The van der Waals surface area contributed by atoms with Crippen molar-refractivity contribution in [3.63, 3.8) is 0 Å². The molecule has 0 unspecified atom stereocenters. The maximum Gasteiger partial charge on any atom is 0.234 e. The predicted octanol–water partition coefficient (Wildman–Crippen LogP) is 4.15. The second-order valence-electron chi connectivity index (χ2n) is 8.78. The number of aromatic amines is 1. The van der Waals surface area contributed by atoms with Gasteiger partial charge in [0.05, 0.1) is 30.6 Å². The van der Waals surface area contributed by atoms with E-state index in [9.17, 15) is 4.79 Å². The minimum absolute atomic E-state index is 0.138. The fraction of sp³-hybridized carbons (Fsp3) is 0.259. The number of aromatic nitrogens is 2. The second kappa shape index (κ2) is 8.50. The summed E-state index contributed by atoms with van der Waals surface area (Å²) in [5, 5.41) is 0. The monoisotopic (exact) mass is 454 g/mol. The Morgan fingerprint density at radius 3 is 2.35 bits per heavy atom. The summed E-state index contributed by atoms with van der Waals surface area (Å²) in [5.41, 5.74) is 3.78. The summed E-state index contributed by atoms with van der Waals surface area (Å²) in [6, 6.07) is 21.6. The van der Waals surface area contributed by atoms with E-state index in [1.165, 1.54) is 0 Å². The zero-order valence-corrected chi connectivity index (χ0v) is 19.0. The first-order chi connectivity index (χ1) is 16.7. The normalized spacial score (nSPS) is 16.1. The molecule has 3 aromatic carbocycles. The first kappa shape index (κ1) is 20.7. The number of ether oxygens (including phenoxy) is 2. The number of nitrogens with zero attached hydrogens (tertiary/aromatic N) is 3. The van der Waals surface area contributed by atoms with E-state index in [4.69, 9.17) is 14.5 Å². The number of methoxy groups -OCH3 is 1. The van der Waals surface area contributed by atoms with Gasteiger partial charge in [-0.2, -0.15) is 0 Å². The molecular weight excluding hydrogens is 428 g/mol. The van der Waals surface area contributed by atoms with E-state index in [0.717, 1.165) is 64.9 Å². The molecule has 0 bridgehead atoms. The second-order valence-corrected chi connectivity index (χ2v) is 8.78. The molecule has 1 amide bonds. The topological polar surface area (TPSA) is 70.7 Å². The van der Waals surface area contributed by atoms with Crippen LogP contribution in [0.25, 0.3) is 11.0 Å². The fourth-order valence-corrected chi connectivity index (χ4v) is 4.94. The van der Waals surface area contributed by atoms with Gasteiger partial charge in [0.2, 0.25) is 5.91 Å². The number of H-pyrrole nitrogens is 1. The number of hydrogen-bond donors (Lipinski definition) is 1. The summed E-state index contributed by atoms with van der Waals surface area (Å²) >= 11 is 0. The molecule has 0 atom stereocenters. The summed E-state index contributed by atoms with van der Waals surface area (Å²) in [6.07, 6.45) is 0. The van der Waals surface area contributed by atoms with Crippen LogP contribution in [-0.4, -0.2) is 59.0 Å². The van der Waals surface area contributed by atoms with Crippen LogP contribution in [0.1, 0.15) is 22.9 Å². The molecule has 0 radical (unpaired) electrons. The van der Waals surface area contributed by atoms with Crippen LogP contribution < -0.4 is 9.47 Å². The van der Waals surface area contributed by atoms with E-state index in [1.807, 2.05) is 71.6 Å². The molecule has 34 heavy (non-hydrogen) atoms. The van der Waals surface area contributed by atoms with Gasteiger partial charge in [0.1, 0.15) is 23.1 Å². The minimum atomic E-state index is -0.335. The van der Waals surface area contributed by atoms with E-state index in [0.29, 0.717) is 13.1 Å². The highest BCUT2D eigenvalue weighted by atomic mass is 16.5. The molecule has 0 saturated carbocycles. The Hall–Kier alpha value is -3.84. The lowest BCUT2D eigenvalue weighted by atomic mass is 9.86. The molecule has 2 aliphatic rings. The number of para-hydroxylation sites is 2. The lowest BCUT2D eigenvalue weighted by Gasteiger charge is -2.37. The number of imidazole rings is 1. The van der Waals surface area contributed by atoms with Crippen LogP contribution in [0.2, 0.25) is 0 Å². The van der Waals surface area contributed by atoms with Crippen LogP contribution >= 0.6 is 0 Å². The van der Waals surface area contributed by atoms with Gasteiger partial charge in [-0.15, -0.1) is 0 Å². The number of amides is 1. The van der Waals surface area contributed by atoms with Crippen molar-refractivity contribution in [2.75, 3.05) is 33.3 Å². The number of benzene rings is 3. The molecule has 7 nitrogen and oxygen atoms in total. The maximum atomic E-state index is 13.7. The highest BCUT2D eigenvalue weighted by Crippen LogP contribution is 2.44. The lowest BCUT2D eigenvalue weighted by molar-refractivity contribution is -0.133. The van der Waals surface area contributed by atoms with Gasteiger partial charge < -0.3 is 19.4 Å². The summed E-state index contributed by atoms with van der Waals surface area (Å²) in [5.74, 6) is 3.07. The van der Waals surface area contributed by atoms with E-state index in [-0.39, 0.29) is 11.8 Å². The number of nitrogens with one attached hydrogen (secondary N) is 1. The zero-order chi connectivity index (χ0) is 23.1. The molecule has 1 saturated heterocycles. The Morgan fingerprint density at radius 2 is 1.68 bits per heavy atom. The third kappa shape index (κ3) is 3.68. The highest BCUT2D eigenvalue weighted by molar-refractivity contribution is 5.89. The Bertz CT molecular complexity index is 1310. The average molecular weight is 455 g/mol. The molecule has 7 heteroatoms. The van der Waals surface area contributed by atoms with Crippen molar-refractivity contribution >= 4 is 16.9 Å². The third-order valence-electron chi connectivity index (χ3n) is 6.72. The fourth-order valence-electron chi connectivity index (χ4n) is 4.94.